The molecule has 2 heteroatoms. The molecule has 1 aromatic heterocycles. The third kappa shape index (κ3) is 2.12. The van der Waals surface area contributed by atoms with Gasteiger partial charge < -0.3 is 5.11 Å². The summed E-state index contributed by atoms with van der Waals surface area (Å²) in [5.74, 6) is 0.775. The van der Waals surface area contributed by atoms with Crippen molar-refractivity contribution in [3.63, 3.8) is 0 Å². The van der Waals surface area contributed by atoms with Crippen LogP contribution in [-0.4, -0.2) is 5.11 Å². The molecule has 1 saturated carbocycles. The van der Waals surface area contributed by atoms with Crippen LogP contribution in [0.25, 0.3) is 0 Å². The minimum atomic E-state index is -0.583. The molecule has 1 atom stereocenters. The molecule has 1 aromatic rings. The van der Waals surface area contributed by atoms with E-state index in [0.29, 0.717) is 0 Å². The molecule has 1 aliphatic rings. The van der Waals surface area contributed by atoms with Crippen LogP contribution >= 0.6 is 11.3 Å². The summed E-state index contributed by atoms with van der Waals surface area (Å²) in [5.41, 5.74) is -0.583. The summed E-state index contributed by atoms with van der Waals surface area (Å²) in [6, 6.07) is 4.14. The fourth-order valence-corrected chi connectivity index (χ4v) is 2.63. The predicted molar refractivity (Wildman–Crippen MR) is 56.0 cm³/mol. The average molecular weight is 196 g/mol. The molecule has 1 unspecified atom stereocenters. The first kappa shape index (κ1) is 9.22. The minimum Gasteiger partial charge on any atom is -0.385 e. The minimum absolute atomic E-state index is 0.583. The maximum atomic E-state index is 10.2. The van der Waals surface area contributed by atoms with E-state index in [0.717, 1.165) is 17.2 Å². The first-order valence-corrected chi connectivity index (χ1v) is 5.69. The molecule has 0 aromatic carbocycles. The van der Waals surface area contributed by atoms with E-state index in [4.69, 9.17) is 0 Å². The van der Waals surface area contributed by atoms with Gasteiger partial charge in [-0.15, -0.1) is 11.3 Å². The zero-order chi connectivity index (χ0) is 9.47. The Balaban J connectivity index is 2.12. The lowest BCUT2D eigenvalue weighted by atomic mass is 9.97. The van der Waals surface area contributed by atoms with Gasteiger partial charge in [0.15, 0.2) is 0 Å². The van der Waals surface area contributed by atoms with Crippen LogP contribution in [0.15, 0.2) is 12.1 Å². The van der Waals surface area contributed by atoms with Gasteiger partial charge in [0.2, 0.25) is 0 Å². The lowest BCUT2D eigenvalue weighted by Gasteiger charge is -2.21. The molecule has 0 saturated heterocycles. The van der Waals surface area contributed by atoms with Crippen molar-refractivity contribution >= 4 is 11.3 Å². The SMILES string of the molecule is Cc1ccc(C(C)(O)CC2CC2)s1. The van der Waals surface area contributed by atoms with Gasteiger partial charge in [-0.25, -0.2) is 0 Å². The van der Waals surface area contributed by atoms with Gasteiger partial charge >= 0.3 is 0 Å². The molecule has 1 fully saturated rings. The van der Waals surface area contributed by atoms with Gasteiger partial charge in [-0.05, 0) is 38.3 Å². The summed E-state index contributed by atoms with van der Waals surface area (Å²) in [5, 5.41) is 10.2. The van der Waals surface area contributed by atoms with Crippen molar-refractivity contribution < 1.29 is 5.11 Å². The molecule has 0 spiro atoms. The summed E-state index contributed by atoms with van der Waals surface area (Å²) in [6.07, 6.45) is 3.55. The third-order valence-corrected chi connectivity index (χ3v) is 3.91. The molecule has 72 valence electrons. The maximum Gasteiger partial charge on any atom is 0.0962 e. The second kappa shape index (κ2) is 3.10. The maximum absolute atomic E-state index is 10.2. The van der Waals surface area contributed by atoms with Crippen LogP contribution in [0.4, 0.5) is 0 Å². The normalized spacial score (nSPS) is 21.5. The molecule has 1 nitrogen and oxygen atoms in total. The van der Waals surface area contributed by atoms with E-state index < -0.39 is 5.60 Å². The van der Waals surface area contributed by atoms with Gasteiger partial charge in [-0.3, -0.25) is 0 Å². The van der Waals surface area contributed by atoms with Crippen LogP contribution in [0.2, 0.25) is 0 Å². The van der Waals surface area contributed by atoms with Crippen LogP contribution in [0, 0.1) is 12.8 Å². The monoisotopic (exact) mass is 196 g/mol. The fourth-order valence-electron chi connectivity index (χ4n) is 1.71. The molecule has 0 amide bonds. The summed E-state index contributed by atoms with van der Waals surface area (Å²) in [7, 11) is 0. The van der Waals surface area contributed by atoms with E-state index >= 15 is 0 Å². The second-order valence-corrected chi connectivity index (χ2v) is 5.62. The quantitative estimate of drug-likeness (QED) is 0.787. The van der Waals surface area contributed by atoms with E-state index in [9.17, 15) is 5.11 Å². The number of aliphatic hydroxyl groups is 1. The van der Waals surface area contributed by atoms with Gasteiger partial charge in [0.25, 0.3) is 0 Å². The van der Waals surface area contributed by atoms with Gasteiger partial charge in [0.05, 0.1) is 5.60 Å². The Kier molecular flexibility index (Phi) is 2.20. The molecule has 1 aliphatic carbocycles. The summed E-state index contributed by atoms with van der Waals surface area (Å²) in [4.78, 5) is 2.41. The highest BCUT2D eigenvalue weighted by Crippen LogP contribution is 2.42. The molecule has 2 rings (SSSR count). The fraction of sp³-hybridized carbons (Fsp3) is 0.636. The summed E-state index contributed by atoms with van der Waals surface area (Å²) in [6.45, 7) is 4.03. The third-order valence-electron chi connectivity index (χ3n) is 2.65. The molecular formula is C11H16OS. The van der Waals surface area contributed by atoms with Crippen molar-refractivity contribution in [1.82, 2.24) is 0 Å². The first-order chi connectivity index (χ1) is 6.08. The lowest BCUT2D eigenvalue weighted by Crippen LogP contribution is -2.20. The smallest absolute Gasteiger partial charge is 0.0962 e. The van der Waals surface area contributed by atoms with Crippen molar-refractivity contribution in [2.24, 2.45) is 5.92 Å². The van der Waals surface area contributed by atoms with E-state index in [1.807, 2.05) is 6.92 Å². The Hall–Kier alpha value is -0.340. The van der Waals surface area contributed by atoms with Crippen molar-refractivity contribution in [3.8, 4) is 0 Å². The van der Waals surface area contributed by atoms with Gasteiger partial charge in [0, 0.05) is 9.75 Å². The molecule has 0 bridgehead atoms. The highest BCUT2D eigenvalue weighted by atomic mass is 32.1. The van der Waals surface area contributed by atoms with Crippen molar-refractivity contribution in [3.05, 3.63) is 21.9 Å². The summed E-state index contributed by atoms with van der Waals surface area (Å²) < 4.78 is 0. The van der Waals surface area contributed by atoms with Crippen LogP contribution in [-0.2, 0) is 5.60 Å². The standard InChI is InChI=1S/C11H16OS/c1-8-3-6-10(13-8)11(2,12)7-9-4-5-9/h3,6,9,12H,4-5,7H2,1-2H3. The Morgan fingerprint density at radius 2 is 2.23 bits per heavy atom. The molecule has 0 aliphatic heterocycles. The first-order valence-electron chi connectivity index (χ1n) is 4.87. The van der Waals surface area contributed by atoms with E-state index in [-0.39, 0.29) is 0 Å². The zero-order valence-corrected chi connectivity index (χ0v) is 9.03. The lowest BCUT2D eigenvalue weighted by molar-refractivity contribution is 0.0455. The Morgan fingerprint density at radius 3 is 2.69 bits per heavy atom. The van der Waals surface area contributed by atoms with E-state index in [1.165, 1.54) is 17.7 Å². The van der Waals surface area contributed by atoms with Crippen LogP contribution in [0.5, 0.6) is 0 Å². The predicted octanol–water partition coefficient (Wildman–Crippen LogP) is 3.06. The number of thiophene rings is 1. The highest BCUT2D eigenvalue weighted by Gasteiger charge is 2.33. The topological polar surface area (TPSA) is 20.2 Å². The Morgan fingerprint density at radius 1 is 1.54 bits per heavy atom. The Bertz CT molecular complexity index is 297. The summed E-state index contributed by atoms with van der Waals surface area (Å²) >= 11 is 1.71. The zero-order valence-electron chi connectivity index (χ0n) is 8.21. The largest absolute Gasteiger partial charge is 0.385 e. The van der Waals surface area contributed by atoms with Crippen molar-refractivity contribution in [2.75, 3.05) is 0 Å². The van der Waals surface area contributed by atoms with Crippen LogP contribution in [0.3, 0.4) is 0 Å². The van der Waals surface area contributed by atoms with Gasteiger partial charge in [0.1, 0.15) is 0 Å². The number of hydrogen-bond donors (Lipinski definition) is 1. The van der Waals surface area contributed by atoms with E-state index in [1.54, 1.807) is 11.3 Å². The van der Waals surface area contributed by atoms with Gasteiger partial charge in [-0.2, -0.15) is 0 Å². The second-order valence-electron chi connectivity index (χ2n) is 4.33. The number of hydrogen-bond acceptors (Lipinski definition) is 2. The number of aryl methyl sites for hydroxylation is 1. The molecule has 0 radical (unpaired) electrons. The van der Waals surface area contributed by atoms with Crippen molar-refractivity contribution in [1.29, 1.82) is 0 Å². The molecule has 1 heterocycles. The average Bonchev–Trinajstić information content (AvgIpc) is 2.70. The van der Waals surface area contributed by atoms with Crippen LogP contribution in [0.1, 0.15) is 35.9 Å². The van der Waals surface area contributed by atoms with E-state index in [2.05, 4.69) is 19.1 Å². The molecular weight excluding hydrogens is 180 g/mol. The molecule has 1 N–H and O–H groups in total. The highest BCUT2D eigenvalue weighted by molar-refractivity contribution is 7.12. The van der Waals surface area contributed by atoms with Gasteiger partial charge in [-0.1, -0.05) is 12.8 Å². The Labute approximate surface area is 83.4 Å². The number of rotatable bonds is 3. The molecule has 13 heavy (non-hydrogen) atoms. The van der Waals surface area contributed by atoms with Crippen molar-refractivity contribution in [2.45, 2.75) is 38.7 Å². The van der Waals surface area contributed by atoms with Crippen LogP contribution < -0.4 is 0 Å².